The Balaban J connectivity index is 2.67. The summed E-state index contributed by atoms with van der Waals surface area (Å²) in [7, 11) is -1.09. The number of benzene rings is 2. The van der Waals surface area contributed by atoms with Crippen LogP contribution in [0.2, 0.25) is 0 Å². The molecule has 0 aliphatic carbocycles. The molecule has 35 heavy (non-hydrogen) atoms. The van der Waals surface area contributed by atoms with Gasteiger partial charge in [-0.25, -0.2) is 0 Å². The molecular weight excluding hydrogens is 461 g/mol. The number of phenolic OH excluding ortho intramolecular Hbond substituents is 1. The Hall–Kier alpha value is -2.14. The Bertz CT molecular complexity index is 1010. The van der Waals surface area contributed by atoms with E-state index in [-0.39, 0.29) is 22.5 Å². The average molecular weight is 504 g/mol. The first-order valence-corrected chi connectivity index (χ1v) is 13.7. The number of hydrogen-bond acceptors (Lipinski definition) is 5. The van der Waals surface area contributed by atoms with Gasteiger partial charge in [-0.05, 0) is 58.1 Å². The monoisotopic (exact) mass is 503 g/mol. The molecule has 0 saturated heterocycles. The number of nitrogens with zero attached hydrogens (tertiary/aromatic N) is 1. The third kappa shape index (κ3) is 6.97. The van der Waals surface area contributed by atoms with Crippen LogP contribution in [0.25, 0.3) is 0 Å². The van der Waals surface area contributed by atoms with Crippen molar-refractivity contribution in [2.45, 2.75) is 77.9 Å². The van der Waals surface area contributed by atoms with Gasteiger partial charge < -0.3 is 19.1 Å². The first-order chi connectivity index (χ1) is 16.2. The SMILES string of the molecule is COP(=O)(OC)C(c1cc(C(C)(C)C)c(O)c(C(C)(C)C)c1)N(CCCc1ccccc1)C(C)=O. The molecule has 0 spiro atoms. The quantitative estimate of drug-likeness (QED) is 0.375. The van der Waals surface area contributed by atoms with Gasteiger partial charge in [-0.2, -0.15) is 0 Å². The molecule has 6 nitrogen and oxygen atoms in total. The summed E-state index contributed by atoms with van der Waals surface area (Å²) < 4.78 is 24.9. The molecule has 0 aromatic heterocycles. The molecular formula is C28H42NO5P. The second kappa shape index (κ2) is 11.3. The van der Waals surface area contributed by atoms with E-state index in [2.05, 4.69) is 12.1 Å². The average Bonchev–Trinajstić information content (AvgIpc) is 2.77. The molecule has 7 heteroatoms. The van der Waals surface area contributed by atoms with Gasteiger partial charge in [-0.1, -0.05) is 71.9 Å². The zero-order valence-corrected chi connectivity index (χ0v) is 23.6. The molecule has 0 radical (unpaired) electrons. The van der Waals surface area contributed by atoms with Crippen LogP contribution in [-0.2, 0) is 35.7 Å². The molecule has 194 valence electrons. The number of carbonyl (C=O) groups excluding carboxylic acids is 1. The van der Waals surface area contributed by atoms with Crippen molar-refractivity contribution in [1.29, 1.82) is 0 Å². The minimum atomic E-state index is -3.77. The van der Waals surface area contributed by atoms with Crippen LogP contribution in [0.3, 0.4) is 0 Å². The third-order valence-electron chi connectivity index (χ3n) is 6.26. The van der Waals surface area contributed by atoms with Crippen LogP contribution < -0.4 is 0 Å². The van der Waals surface area contributed by atoms with Crippen molar-refractivity contribution in [3.63, 3.8) is 0 Å². The molecule has 0 aliphatic heterocycles. The van der Waals surface area contributed by atoms with Gasteiger partial charge in [0.2, 0.25) is 5.91 Å². The molecule has 0 aliphatic rings. The van der Waals surface area contributed by atoms with Gasteiger partial charge in [0.05, 0.1) is 0 Å². The number of aromatic hydroxyl groups is 1. The molecule has 1 atom stereocenters. The van der Waals surface area contributed by atoms with Crippen LogP contribution >= 0.6 is 7.60 Å². The van der Waals surface area contributed by atoms with Crippen LogP contribution in [0.4, 0.5) is 0 Å². The van der Waals surface area contributed by atoms with E-state index < -0.39 is 13.4 Å². The van der Waals surface area contributed by atoms with Gasteiger partial charge in [0, 0.05) is 27.7 Å². The third-order valence-corrected chi connectivity index (χ3v) is 8.46. The molecule has 2 aromatic rings. The minimum Gasteiger partial charge on any atom is -0.507 e. The zero-order chi connectivity index (χ0) is 26.6. The maximum atomic E-state index is 13.9. The van der Waals surface area contributed by atoms with Crippen molar-refractivity contribution in [2.24, 2.45) is 0 Å². The molecule has 2 aromatic carbocycles. The zero-order valence-electron chi connectivity index (χ0n) is 22.7. The van der Waals surface area contributed by atoms with Crippen molar-refractivity contribution >= 4 is 13.5 Å². The summed E-state index contributed by atoms with van der Waals surface area (Å²) in [4.78, 5) is 14.5. The van der Waals surface area contributed by atoms with E-state index in [4.69, 9.17) is 9.05 Å². The fraction of sp³-hybridized carbons (Fsp3) is 0.536. The Labute approximate surface area is 211 Å². The number of rotatable bonds is 9. The van der Waals surface area contributed by atoms with Crippen LogP contribution in [0.1, 0.15) is 82.9 Å². The first kappa shape index (κ1) is 29.1. The predicted octanol–water partition coefficient (Wildman–Crippen LogP) is 6.95. The highest BCUT2D eigenvalue weighted by atomic mass is 31.2. The Morgan fingerprint density at radius 2 is 1.46 bits per heavy atom. The summed E-state index contributed by atoms with van der Waals surface area (Å²) in [5, 5.41) is 11.2. The number of aryl methyl sites for hydroxylation is 1. The molecule has 1 N–H and O–H groups in total. The molecule has 0 bridgehead atoms. The molecule has 1 amide bonds. The molecule has 1 unspecified atom stereocenters. The maximum Gasteiger partial charge on any atom is 0.357 e. The molecule has 0 fully saturated rings. The van der Waals surface area contributed by atoms with Crippen molar-refractivity contribution in [3.05, 3.63) is 64.7 Å². The standard InChI is InChI=1S/C28H42NO5P/c1-20(30)29(17-13-16-21-14-11-10-12-15-21)26(35(32,33-8)34-9)22-18-23(27(2,3)4)25(31)24(19-22)28(5,6)7/h10-12,14-15,18-19,26,31H,13,16-17H2,1-9H3. The summed E-state index contributed by atoms with van der Waals surface area (Å²) in [5.74, 6) is -0.954. The predicted molar refractivity (Wildman–Crippen MR) is 142 cm³/mol. The summed E-state index contributed by atoms with van der Waals surface area (Å²) in [6, 6.07) is 13.7. The summed E-state index contributed by atoms with van der Waals surface area (Å²) in [5.41, 5.74) is 2.46. The number of amides is 1. The number of hydrogen-bond donors (Lipinski definition) is 1. The summed E-state index contributed by atoms with van der Waals surface area (Å²) >= 11 is 0. The van der Waals surface area contributed by atoms with E-state index in [0.29, 0.717) is 18.5 Å². The van der Waals surface area contributed by atoms with Gasteiger partial charge in [-0.15, -0.1) is 0 Å². The van der Waals surface area contributed by atoms with Crippen molar-refractivity contribution in [3.8, 4) is 5.75 Å². The topological polar surface area (TPSA) is 76.1 Å². The smallest absolute Gasteiger partial charge is 0.357 e. The van der Waals surface area contributed by atoms with E-state index in [1.165, 1.54) is 26.7 Å². The van der Waals surface area contributed by atoms with Gasteiger partial charge in [0.1, 0.15) is 5.75 Å². The molecule has 2 rings (SSSR count). The van der Waals surface area contributed by atoms with E-state index >= 15 is 0 Å². The Kier molecular flexibility index (Phi) is 9.38. The molecule has 0 heterocycles. The molecule has 0 saturated carbocycles. The lowest BCUT2D eigenvalue weighted by Gasteiger charge is -2.36. The Morgan fingerprint density at radius 1 is 0.971 bits per heavy atom. The lowest BCUT2D eigenvalue weighted by atomic mass is 9.78. The largest absolute Gasteiger partial charge is 0.507 e. The number of carbonyl (C=O) groups is 1. The normalized spacial score (nSPS) is 13.5. The minimum absolute atomic E-state index is 0.218. The van der Waals surface area contributed by atoms with Crippen LogP contribution in [-0.4, -0.2) is 36.7 Å². The van der Waals surface area contributed by atoms with E-state index in [9.17, 15) is 14.5 Å². The fourth-order valence-electron chi connectivity index (χ4n) is 4.31. The lowest BCUT2D eigenvalue weighted by Crippen LogP contribution is -2.35. The van der Waals surface area contributed by atoms with Gasteiger partial charge >= 0.3 is 7.60 Å². The maximum absolute atomic E-state index is 13.9. The van der Waals surface area contributed by atoms with E-state index in [1.54, 1.807) is 4.90 Å². The first-order valence-electron chi connectivity index (χ1n) is 12.1. The second-order valence-electron chi connectivity index (χ2n) is 11.0. The summed E-state index contributed by atoms with van der Waals surface area (Å²) in [6.45, 7) is 13.9. The van der Waals surface area contributed by atoms with Crippen molar-refractivity contribution in [2.75, 3.05) is 20.8 Å². The highest BCUT2D eigenvalue weighted by molar-refractivity contribution is 7.54. The van der Waals surface area contributed by atoms with Crippen LogP contribution in [0.15, 0.2) is 42.5 Å². The van der Waals surface area contributed by atoms with Gasteiger partial charge in [0.25, 0.3) is 0 Å². The van der Waals surface area contributed by atoms with Gasteiger partial charge in [-0.3, -0.25) is 9.36 Å². The highest BCUT2D eigenvalue weighted by Crippen LogP contribution is 2.62. The van der Waals surface area contributed by atoms with Gasteiger partial charge in [0.15, 0.2) is 5.78 Å². The van der Waals surface area contributed by atoms with Crippen LogP contribution in [0, 0.1) is 0 Å². The van der Waals surface area contributed by atoms with E-state index in [1.807, 2.05) is 71.9 Å². The Morgan fingerprint density at radius 3 is 1.86 bits per heavy atom. The fourth-order valence-corrected chi connectivity index (χ4v) is 5.99. The second-order valence-corrected chi connectivity index (χ2v) is 13.3. The lowest BCUT2D eigenvalue weighted by molar-refractivity contribution is -0.130. The van der Waals surface area contributed by atoms with Crippen molar-refractivity contribution < 1.29 is 23.5 Å². The number of phenols is 1. The summed E-state index contributed by atoms with van der Waals surface area (Å²) in [6.07, 6.45) is 1.46. The van der Waals surface area contributed by atoms with E-state index in [0.717, 1.165) is 17.5 Å². The highest BCUT2D eigenvalue weighted by Gasteiger charge is 2.42. The van der Waals surface area contributed by atoms with Crippen molar-refractivity contribution in [1.82, 2.24) is 4.90 Å². The van der Waals surface area contributed by atoms with Crippen LogP contribution in [0.5, 0.6) is 5.75 Å².